The Morgan fingerprint density at radius 1 is 1.23 bits per heavy atom. The zero-order chi connectivity index (χ0) is 24.6. The van der Waals surface area contributed by atoms with Crippen LogP contribution in [0.5, 0.6) is 11.6 Å². The van der Waals surface area contributed by atoms with Crippen molar-refractivity contribution in [2.75, 3.05) is 11.9 Å². The van der Waals surface area contributed by atoms with E-state index < -0.39 is 5.54 Å². The molecule has 1 fully saturated rings. The van der Waals surface area contributed by atoms with Gasteiger partial charge in [-0.2, -0.15) is 0 Å². The van der Waals surface area contributed by atoms with E-state index in [9.17, 15) is 4.79 Å². The average Bonchev–Trinajstić information content (AvgIpc) is 3.53. The van der Waals surface area contributed by atoms with Crippen molar-refractivity contribution in [3.8, 4) is 22.9 Å². The van der Waals surface area contributed by atoms with Gasteiger partial charge >= 0.3 is 0 Å². The Kier molecular flexibility index (Phi) is 5.86. The highest BCUT2D eigenvalue weighted by atomic mass is 16.5. The van der Waals surface area contributed by atoms with Gasteiger partial charge in [-0.1, -0.05) is 6.07 Å². The SMILES string of the molecule is Cc1cc(-c2cnc3c(NCC(C)(C)N)cc(Oc4cccnc4)nn23)ccc1C(=O)NC1CC1. The molecule has 0 spiro atoms. The summed E-state index contributed by atoms with van der Waals surface area (Å²) in [6, 6.07) is 11.5. The number of ether oxygens (including phenoxy) is 1. The summed E-state index contributed by atoms with van der Waals surface area (Å²) in [5, 5.41) is 11.1. The van der Waals surface area contributed by atoms with Crippen LogP contribution in [-0.4, -0.2) is 43.6 Å². The third-order valence-corrected chi connectivity index (χ3v) is 5.72. The van der Waals surface area contributed by atoms with Gasteiger partial charge in [0, 0.05) is 41.5 Å². The van der Waals surface area contributed by atoms with Gasteiger partial charge in [0.1, 0.15) is 5.75 Å². The Morgan fingerprint density at radius 2 is 2.06 bits per heavy atom. The van der Waals surface area contributed by atoms with Crippen LogP contribution in [0.25, 0.3) is 16.9 Å². The van der Waals surface area contributed by atoms with Gasteiger partial charge in [-0.05, 0) is 63.4 Å². The standard InChI is InChI=1S/C26H29N7O2/c1-16-11-17(6-9-20(16)25(34)31-18-7-8-18)22-14-29-24-21(30-15-26(2,3)27)12-23(32-33(22)24)35-19-5-4-10-28-13-19/h4-6,9-14,18,30H,7-8,15,27H2,1-3H3,(H,31,34). The summed E-state index contributed by atoms with van der Waals surface area (Å²) >= 11 is 0. The second-order valence-electron chi connectivity index (χ2n) is 9.69. The largest absolute Gasteiger partial charge is 0.436 e. The van der Waals surface area contributed by atoms with Gasteiger partial charge < -0.3 is 21.1 Å². The van der Waals surface area contributed by atoms with Gasteiger partial charge in [0.2, 0.25) is 5.88 Å². The maximum Gasteiger partial charge on any atom is 0.251 e. The minimum atomic E-state index is -0.423. The van der Waals surface area contributed by atoms with Crippen LogP contribution in [0.1, 0.15) is 42.6 Å². The van der Waals surface area contributed by atoms with Crippen LogP contribution >= 0.6 is 0 Å². The Morgan fingerprint density at radius 3 is 2.74 bits per heavy atom. The molecule has 4 aromatic rings. The van der Waals surface area contributed by atoms with Crippen molar-refractivity contribution in [3.63, 3.8) is 0 Å². The fourth-order valence-electron chi connectivity index (χ4n) is 3.74. The zero-order valence-electron chi connectivity index (χ0n) is 20.1. The number of imidazole rings is 1. The molecule has 0 bridgehead atoms. The normalized spacial score (nSPS) is 13.6. The lowest BCUT2D eigenvalue weighted by Crippen LogP contribution is -2.39. The van der Waals surface area contributed by atoms with Crippen molar-refractivity contribution < 1.29 is 9.53 Å². The number of aryl methyl sites for hydroxylation is 1. The van der Waals surface area contributed by atoms with Gasteiger partial charge in [-0.15, -0.1) is 5.10 Å². The van der Waals surface area contributed by atoms with Gasteiger partial charge in [0.25, 0.3) is 5.91 Å². The molecule has 4 N–H and O–H groups in total. The summed E-state index contributed by atoms with van der Waals surface area (Å²) in [7, 11) is 0. The van der Waals surface area contributed by atoms with Gasteiger partial charge in [-0.3, -0.25) is 9.78 Å². The van der Waals surface area contributed by atoms with Crippen molar-refractivity contribution in [1.29, 1.82) is 0 Å². The maximum atomic E-state index is 12.6. The summed E-state index contributed by atoms with van der Waals surface area (Å²) < 4.78 is 7.74. The number of anilines is 1. The number of fused-ring (bicyclic) bond motifs is 1. The van der Waals surface area contributed by atoms with Crippen LogP contribution in [0.3, 0.4) is 0 Å². The number of amides is 1. The number of aromatic nitrogens is 4. The van der Waals surface area contributed by atoms with Crippen molar-refractivity contribution in [1.82, 2.24) is 24.9 Å². The molecule has 0 aliphatic heterocycles. The number of hydrogen-bond donors (Lipinski definition) is 3. The number of nitrogens with two attached hydrogens (primary N) is 1. The summed E-state index contributed by atoms with van der Waals surface area (Å²) in [5.41, 5.74) is 10.4. The Labute approximate surface area is 203 Å². The topological polar surface area (TPSA) is 119 Å². The highest BCUT2D eigenvalue weighted by Gasteiger charge is 2.24. The predicted molar refractivity (Wildman–Crippen MR) is 135 cm³/mol. The molecule has 0 atom stereocenters. The van der Waals surface area contributed by atoms with Crippen molar-refractivity contribution in [2.24, 2.45) is 5.73 Å². The first-order valence-corrected chi connectivity index (χ1v) is 11.7. The molecule has 9 heteroatoms. The minimum Gasteiger partial charge on any atom is -0.436 e. The number of carbonyl (C=O) groups excluding carboxylic acids is 1. The molecule has 9 nitrogen and oxygen atoms in total. The maximum absolute atomic E-state index is 12.6. The molecule has 3 aromatic heterocycles. The summed E-state index contributed by atoms with van der Waals surface area (Å²) in [6.45, 7) is 6.37. The first-order valence-electron chi connectivity index (χ1n) is 11.7. The summed E-state index contributed by atoms with van der Waals surface area (Å²) in [4.78, 5) is 21.3. The molecule has 1 aliphatic rings. The van der Waals surface area contributed by atoms with Crippen LogP contribution in [0.15, 0.2) is 55.0 Å². The molecule has 5 rings (SSSR count). The van der Waals surface area contributed by atoms with Crippen molar-refractivity contribution >= 4 is 17.2 Å². The second kappa shape index (κ2) is 8.99. The Hall–Kier alpha value is -3.98. The molecule has 0 saturated heterocycles. The van der Waals surface area contributed by atoms with E-state index in [1.54, 1.807) is 35.2 Å². The molecule has 3 heterocycles. The quantitative estimate of drug-likeness (QED) is 0.356. The van der Waals surface area contributed by atoms with Crippen LogP contribution in [-0.2, 0) is 0 Å². The fraction of sp³-hybridized carbons (Fsp3) is 0.308. The van der Waals surface area contributed by atoms with Crippen LogP contribution in [0.2, 0.25) is 0 Å². The van der Waals surface area contributed by atoms with E-state index in [0.717, 1.165) is 35.3 Å². The van der Waals surface area contributed by atoms with E-state index in [1.165, 1.54) is 0 Å². The van der Waals surface area contributed by atoms with Crippen molar-refractivity contribution in [3.05, 3.63) is 66.1 Å². The molecule has 35 heavy (non-hydrogen) atoms. The van der Waals surface area contributed by atoms with Gasteiger partial charge in [-0.25, -0.2) is 9.50 Å². The highest BCUT2D eigenvalue weighted by molar-refractivity contribution is 5.96. The molecule has 1 aromatic carbocycles. The van der Waals surface area contributed by atoms with Crippen molar-refractivity contribution in [2.45, 2.75) is 45.2 Å². The molecule has 180 valence electrons. The van der Waals surface area contributed by atoms with Gasteiger partial charge in [0.05, 0.1) is 23.8 Å². The fourth-order valence-corrected chi connectivity index (χ4v) is 3.74. The molecule has 1 amide bonds. The highest BCUT2D eigenvalue weighted by Crippen LogP contribution is 2.30. The zero-order valence-corrected chi connectivity index (χ0v) is 20.1. The Bertz CT molecular complexity index is 1370. The molecule has 1 saturated carbocycles. The van der Waals surface area contributed by atoms with Crippen LogP contribution in [0, 0.1) is 6.92 Å². The number of carbonyl (C=O) groups is 1. The van der Waals surface area contributed by atoms with E-state index in [2.05, 4.69) is 20.6 Å². The van der Waals surface area contributed by atoms with E-state index in [1.807, 2.05) is 45.0 Å². The molecule has 0 unspecified atom stereocenters. The lowest BCUT2D eigenvalue weighted by Gasteiger charge is -2.20. The predicted octanol–water partition coefficient (Wildman–Crippen LogP) is 3.93. The number of hydrogen-bond acceptors (Lipinski definition) is 7. The molecule has 0 radical (unpaired) electrons. The second-order valence-corrected chi connectivity index (χ2v) is 9.69. The smallest absolute Gasteiger partial charge is 0.251 e. The first kappa shape index (κ1) is 22.8. The van der Waals surface area contributed by atoms with E-state index in [4.69, 9.17) is 15.6 Å². The van der Waals surface area contributed by atoms with Crippen LogP contribution in [0.4, 0.5) is 5.69 Å². The van der Waals surface area contributed by atoms with E-state index >= 15 is 0 Å². The van der Waals surface area contributed by atoms with Gasteiger partial charge in [0.15, 0.2) is 5.65 Å². The molecule has 1 aliphatic carbocycles. The molecular formula is C26H29N7O2. The van der Waals surface area contributed by atoms with E-state index in [-0.39, 0.29) is 5.91 Å². The van der Waals surface area contributed by atoms with E-state index in [0.29, 0.717) is 35.4 Å². The number of pyridine rings is 1. The summed E-state index contributed by atoms with van der Waals surface area (Å²) in [5.74, 6) is 0.933. The molecular weight excluding hydrogens is 442 g/mol. The number of benzene rings is 1. The first-order chi connectivity index (χ1) is 16.8. The lowest BCUT2D eigenvalue weighted by molar-refractivity contribution is 0.0950. The average molecular weight is 472 g/mol. The number of rotatable bonds is 8. The number of nitrogens with zero attached hydrogens (tertiary/aromatic N) is 4. The number of nitrogens with one attached hydrogen (secondary N) is 2. The van der Waals surface area contributed by atoms with Crippen LogP contribution < -0.4 is 21.1 Å². The third kappa shape index (κ3) is 5.25. The third-order valence-electron chi connectivity index (χ3n) is 5.72. The Balaban J connectivity index is 1.53. The monoisotopic (exact) mass is 471 g/mol. The lowest BCUT2D eigenvalue weighted by atomic mass is 10.0. The minimum absolute atomic E-state index is 0.0316. The summed E-state index contributed by atoms with van der Waals surface area (Å²) in [6.07, 6.45) is 7.19.